The van der Waals surface area contributed by atoms with Gasteiger partial charge in [0.05, 0.1) is 16.6 Å². The van der Waals surface area contributed by atoms with Crippen LogP contribution >= 0.6 is 0 Å². The SMILES string of the molecule is Cc1cnc2c3c(ncn12)c(-c1cc(C(C)(C)C)c2ccccc2c1)nc1ccccc13. The van der Waals surface area contributed by atoms with E-state index in [-0.39, 0.29) is 5.41 Å². The van der Waals surface area contributed by atoms with Gasteiger partial charge < -0.3 is 0 Å². The van der Waals surface area contributed by atoms with E-state index in [1.54, 1.807) is 0 Å². The number of rotatable bonds is 1. The van der Waals surface area contributed by atoms with Gasteiger partial charge in [-0.1, -0.05) is 63.2 Å². The monoisotopic (exact) mass is 416 g/mol. The number of hydrogen-bond donors (Lipinski definition) is 0. The summed E-state index contributed by atoms with van der Waals surface area (Å²) >= 11 is 0. The quantitative estimate of drug-likeness (QED) is 0.275. The van der Waals surface area contributed by atoms with Crippen LogP contribution in [0.2, 0.25) is 0 Å². The van der Waals surface area contributed by atoms with Gasteiger partial charge in [-0.25, -0.2) is 15.0 Å². The van der Waals surface area contributed by atoms with E-state index in [1.165, 1.54) is 16.3 Å². The summed E-state index contributed by atoms with van der Waals surface area (Å²) in [6.07, 6.45) is 3.77. The van der Waals surface area contributed by atoms with Gasteiger partial charge in [-0.2, -0.15) is 0 Å². The van der Waals surface area contributed by atoms with Crippen molar-refractivity contribution in [3.63, 3.8) is 0 Å². The molecule has 0 spiro atoms. The summed E-state index contributed by atoms with van der Waals surface area (Å²) in [5.41, 5.74) is 7.13. The predicted molar refractivity (Wildman–Crippen MR) is 132 cm³/mol. The third-order valence-electron chi connectivity index (χ3n) is 6.32. The Hall–Kier alpha value is -3.79. The zero-order valence-corrected chi connectivity index (χ0v) is 18.7. The van der Waals surface area contributed by atoms with Crippen molar-refractivity contribution in [1.82, 2.24) is 19.4 Å². The predicted octanol–water partition coefficient (Wildman–Crippen LogP) is 6.86. The molecule has 6 rings (SSSR count). The van der Waals surface area contributed by atoms with Gasteiger partial charge in [0.25, 0.3) is 0 Å². The van der Waals surface area contributed by atoms with Crippen molar-refractivity contribution in [2.75, 3.05) is 0 Å². The van der Waals surface area contributed by atoms with Crippen LogP contribution in [0, 0.1) is 6.92 Å². The van der Waals surface area contributed by atoms with Crippen LogP contribution in [0.4, 0.5) is 0 Å². The van der Waals surface area contributed by atoms with Gasteiger partial charge in [0.15, 0.2) is 0 Å². The Morgan fingerprint density at radius 2 is 1.59 bits per heavy atom. The molecule has 6 aromatic rings. The fourth-order valence-electron chi connectivity index (χ4n) is 4.72. The maximum atomic E-state index is 5.12. The van der Waals surface area contributed by atoms with Crippen LogP contribution in [0.15, 0.2) is 73.2 Å². The van der Waals surface area contributed by atoms with Crippen molar-refractivity contribution in [3.05, 3.63) is 84.4 Å². The minimum absolute atomic E-state index is 0.00313. The lowest BCUT2D eigenvalue weighted by molar-refractivity contribution is 0.596. The Labute approximate surface area is 186 Å². The van der Waals surface area contributed by atoms with E-state index in [0.29, 0.717) is 0 Å². The first-order valence-corrected chi connectivity index (χ1v) is 11.0. The molecular formula is C28H24N4. The molecule has 4 nitrogen and oxygen atoms in total. The van der Waals surface area contributed by atoms with Crippen molar-refractivity contribution < 1.29 is 0 Å². The highest BCUT2D eigenvalue weighted by atomic mass is 15.0. The summed E-state index contributed by atoms with van der Waals surface area (Å²) in [6, 6.07) is 21.4. The number of pyridine rings is 1. The maximum Gasteiger partial charge on any atom is 0.148 e. The summed E-state index contributed by atoms with van der Waals surface area (Å²) < 4.78 is 2.06. The standard InChI is InChI=1S/C28H24N4/c1-17-15-29-27-24-21-11-7-8-12-23(21)31-25(26(24)30-16-32(17)27)19-13-18-9-5-6-10-20(18)22(14-19)28(2,3)4/h5-16H,1-4H3. The average molecular weight is 417 g/mol. The molecule has 0 saturated carbocycles. The molecule has 0 aliphatic rings. The number of para-hydroxylation sites is 1. The van der Waals surface area contributed by atoms with E-state index < -0.39 is 0 Å². The highest BCUT2D eigenvalue weighted by Crippen LogP contribution is 2.38. The largest absolute Gasteiger partial charge is 0.287 e. The highest BCUT2D eigenvalue weighted by molar-refractivity contribution is 6.15. The number of imidazole rings is 1. The number of fused-ring (bicyclic) bond motifs is 6. The lowest BCUT2D eigenvalue weighted by Gasteiger charge is -2.23. The number of aryl methyl sites for hydroxylation is 1. The van der Waals surface area contributed by atoms with Crippen molar-refractivity contribution in [2.45, 2.75) is 33.1 Å². The van der Waals surface area contributed by atoms with E-state index in [2.05, 4.69) is 86.7 Å². The van der Waals surface area contributed by atoms with Crippen molar-refractivity contribution >= 4 is 38.2 Å². The second-order valence-electron chi connectivity index (χ2n) is 9.53. The Kier molecular flexibility index (Phi) is 3.91. The second-order valence-corrected chi connectivity index (χ2v) is 9.53. The van der Waals surface area contributed by atoms with Crippen molar-refractivity contribution in [3.8, 4) is 11.3 Å². The smallest absolute Gasteiger partial charge is 0.148 e. The van der Waals surface area contributed by atoms with Gasteiger partial charge in [-0.05, 0) is 46.9 Å². The minimum atomic E-state index is 0.00313. The fourth-order valence-corrected chi connectivity index (χ4v) is 4.72. The van der Waals surface area contributed by atoms with Crippen LogP contribution in [0.3, 0.4) is 0 Å². The molecule has 0 atom stereocenters. The zero-order chi connectivity index (χ0) is 22.0. The molecular weight excluding hydrogens is 392 g/mol. The number of aromatic nitrogens is 4. The number of benzene rings is 3. The molecule has 3 aromatic heterocycles. The first-order valence-electron chi connectivity index (χ1n) is 11.0. The van der Waals surface area contributed by atoms with E-state index in [1.807, 2.05) is 18.6 Å². The fraction of sp³-hybridized carbons (Fsp3) is 0.179. The molecule has 0 amide bonds. The molecule has 0 N–H and O–H groups in total. The molecule has 3 aromatic carbocycles. The van der Waals surface area contributed by atoms with Gasteiger partial charge in [-0.15, -0.1) is 0 Å². The normalized spacial score (nSPS) is 12.4. The molecule has 0 aliphatic heterocycles. The summed E-state index contributed by atoms with van der Waals surface area (Å²) in [7, 11) is 0. The van der Waals surface area contributed by atoms with Gasteiger partial charge >= 0.3 is 0 Å². The molecule has 0 fully saturated rings. The molecule has 4 heteroatoms. The molecule has 156 valence electrons. The summed E-state index contributed by atoms with van der Waals surface area (Å²) in [5, 5.41) is 4.63. The molecule has 0 saturated heterocycles. The zero-order valence-electron chi connectivity index (χ0n) is 18.7. The molecule has 0 bridgehead atoms. The van der Waals surface area contributed by atoms with E-state index in [9.17, 15) is 0 Å². The van der Waals surface area contributed by atoms with Crippen LogP contribution in [0.25, 0.3) is 49.5 Å². The van der Waals surface area contributed by atoms with Crippen LogP contribution in [0.5, 0.6) is 0 Å². The van der Waals surface area contributed by atoms with E-state index in [4.69, 9.17) is 15.0 Å². The molecule has 3 heterocycles. The summed E-state index contributed by atoms with van der Waals surface area (Å²) in [4.78, 5) is 14.8. The molecule has 0 aliphatic carbocycles. The third-order valence-corrected chi connectivity index (χ3v) is 6.32. The molecule has 0 radical (unpaired) electrons. The van der Waals surface area contributed by atoms with Crippen LogP contribution in [-0.4, -0.2) is 19.4 Å². The second kappa shape index (κ2) is 6.60. The first kappa shape index (κ1) is 18.9. The lowest BCUT2D eigenvalue weighted by atomic mass is 9.82. The van der Waals surface area contributed by atoms with Crippen LogP contribution in [0.1, 0.15) is 32.0 Å². The highest BCUT2D eigenvalue weighted by Gasteiger charge is 2.21. The van der Waals surface area contributed by atoms with Gasteiger partial charge in [0.1, 0.15) is 17.5 Å². The van der Waals surface area contributed by atoms with Crippen molar-refractivity contribution in [1.29, 1.82) is 0 Å². The van der Waals surface area contributed by atoms with Gasteiger partial charge in [-0.3, -0.25) is 4.40 Å². The topological polar surface area (TPSA) is 43.1 Å². The van der Waals surface area contributed by atoms with E-state index in [0.717, 1.165) is 44.4 Å². The van der Waals surface area contributed by atoms with Crippen LogP contribution in [-0.2, 0) is 5.41 Å². The molecule has 0 unspecified atom stereocenters. The lowest BCUT2D eigenvalue weighted by Crippen LogP contribution is -2.12. The molecule has 32 heavy (non-hydrogen) atoms. The van der Waals surface area contributed by atoms with Gasteiger partial charge in [0.2, 0.25) is 0 Å². The van der Waals surface area contributed by atoms with E-state index >= 15 is 0 Å². The average Bonchev–Trinajstić information content (AvgIpc) is 3.18. The van der Waals surface area contributed by atoms with Crippen LogP contribution < -0.4 is 0 Å². The van der Waals surface area contributed by atoms with Gasteiger partial charge in [0, 0.05) is 22.8 Å². The summed E-state index contributed by atoms with van der Waals surface area (Å²) in [5.74, 6) is 0. The Morgan fingerprint density at radius 1 is 0.844 bits per heavy atom. The minimum Gasteiger partial charge on any atom is -0.287 e. The first-order chi connectivity index (χ1) is 15.4. The Morgan fingerprint density at radius 3 is 2.41 bits per heavy atom. The Bertz CT molecular complexity index is 1670. The number of hydrogen-bond acceptors (Lipinski definition) is 3. The Balaban J connectivity index is 1.79. The number of nitrogens with zero attached hydrogens (tertiary/aromatic N) is 4. The van der Waals surface area contributed by atoms with Crippen molar-refractivity contribution in [2.24, 2.45) is 0 Å². The maximum absolute atomic E-state index is 5.12. The summed E-state index contributed by atoms with van der Waals surface area (Å²) in [6.45, 7) is 8.84. The third kappa shape index (κ3) is 2.72.